The van der Waals surface area contributed by atoms with Gasteiger partial charge in [-0.1, -0.05) is 12.1 Å². The molecule has 2 aromatic heterocycles. The minimum Gasteiger partial charge on any atom is -0.331 e. The van der Waals surface area contributed by atoms with Crippen LogP contribution in [-0.4, -0.2) is 9.55 Å². The summed E-state index contributed by atoms with van der Waals surface area (Å²) in [6.45, 7) is 4.38. The molecule has 2 heterocycles. The van der Waals surface area contributed by atoms with E-state index < -0.39 is 0 Å². The first-order valence-corrected chi connectivity index (χ1v) is 7.62. The molecule has 3 rings (SSSR count). The predicted molar refractivity (Wildman–Crippen MR) is 84.6 cm³/mol. The topological polar surface area (TPSA) is 20.7 Å². The van der Waals surface area contributed by atoms with E-state index in [1.165, 1.54) is 15.3 Å². The Balaban J connectivity index is 1.99. The lowest BCUT2D eigenvalue weighted by Crippen LogP contribution is -2.07. The van der Waals surface area contributed by atoms with Crippen LogP contribution in [0.1, 0.15) is 22.7 Å². The van der Waals surface area contributed by atoms with E-state index in [0.717, 1.165) is 16.7 Å². The van der Waals surface area contributed by atoms with E-state index >= 15 is 0 Å². The van der Waals surface area contributed by atoms with Crippen molar-refractivity contribution in [1.29, 1.82) is 0 Å². The maximum absolute atomic E-state index is 5.46. The lowest BCUT2D eigenvalue weighted by molar-refractivity contribution is 0.557. The molecule has 0 radical (unpaired) electrons. The Hall–Kier alpha value is -1.39. The molecule has 0 aliphatic carbocycles. The number of thiophene rings is 1. The van der Waals surface area contributed by atoms with Gasteiger partial charge in [0, 0.05) is 22.2 Å². The van der Waals surface area contributed by atoms with E-state index in [4.69, 9.17) is 12.2 Å². The quantitative estimate of drug-likeness (QED) is 0.682. The number of rotatable bonds is 3. The summed E-state index contributed by atoms with van der Waals surface area (Å²) in [5.74, 6) is 0. The molecule has 98 valence electrons. The van der Waals surface area contributed by atoms with Gasteiger partial charge in [-0.2, -0.15) is 0 Å². The molecule has 0 spiro atoms. The fourth-order valence-electron chi connectivity index (χ4n) is 2.49. The molecule has 3 aromatic rings. The number of imidazole rings is 1. The van der Waals surface area contributed by atoms with Crippen molar-refractivity contribution >= 4 is 34.6 Å². The van der Waals surface area contributed by atoms with Crippen LogP contribution >= 0.6 is 23.6 Å². The number of hydrogen-bond donors (Lipinski definition) is 1. The van der Waals surface area contributed by atoms with Gasteiger partial charge < -0.3 is 9.55 Å². The second-order valence-electron chi connectivity index (χ2n) is 4.88. The number of hydrogen-bond acceptors (Lipinski definition) is 2. The Bertz CT molecular complexity index is 764. The zero-order valence-electron chi connectivity index (χ0n) is 11.0. The van der Waals surface area contributed by atoms with Crippen LogP contribution in [0.3, 0.4) is 0 Å². The van der Waals surface area contributed by atoms with Crippen molar-refractivity contribution in [3.05, 3.63) is 50.9 Å². The molecule has 0 fully saturated rings. The molecule has 0 aliphatic rings. The first-order valence-electron chi connectivity index (χ1n) is 6.39. The summed E-state index contributed by atoms with van der Waals surface area (Å²) < 4.78 is 3.03. The van der Waals surface area contributed by atoms with Gasteiger partial charge in [-0.05, 0) is 50.3 Å². The largest absolute Gasteiger partial charge is 0.331 e. The number of nitrogens with one attached hydrogen (secondary N) is 1. The zero-order chi connectivity index (χ0) is 13.4. The Kier molecular flexibility index (Phi) is 3.29. The van der Waals surface area contributed by atoms with Gasteiger partial charge in [0.15, 0.2) is 4.77 Å². The van der Waals surface area contributed by atoms with Crippen LogP contribution in [0.25, 0.3) is 11.0 Å². The molecular formula is C15H16N2S2. The fraction of sp³-hybridized carbons (Fsp3) is 0.267. The summed E-state index contributed by atoms with van der Waals surface area (Å²) in [5.41, 5.74) is 2.30. The van der Waals surface area contributed by atoms with E-state index in [9.17, 15) is 0 Å². The van der Waals surface area contributed by atoms with Gasteiger partial charge in [0.05, 0.1) is 11.0 Å². The smallest absolute Gasteiger partial charge is 0.178 e. The highest BCUT2D eigenvalue weighted by atomic mass is 32.1. The van der Waals surface area contributed by atoms with Crippen LogP contribution in [0.4, 0.5) is 0 Å². The number of H-pyrrole nitrogens is 1. The van der Waals surface area contributed by atoms with Crippen LogP contribution in [0, 0.1) is 11.7 Å². The molecule has 4 heteroatoms. The monoisotopic (exact) mass is 288 g/mol. The summed E-state index contributed by atoms with van der Waals surface area (Å²) in [5, 5.41) is 0. The first-order chi connectivity index (χ1) is 9.15. The average Bonchev–Trinajstić information content (AvgIpc) is 2.91. The number of fused-ring (bicyclic) bond motifs is 1. The fourth-order valence-corrected chi connectivity index (χ4v) is 3.89. The minimum absolute atomic E-state index is 0.363. The highest BCUT2D eigenvalue weighted by molar-refractivity contribution is 7.71. The lowest BCUT2D eigenvalue weighted by Gasteiger charge is -2.13. The summed E-state index contributed by atoms with van der Waals surface area (Å²) in [6, 6.07) is 13.0. The van der Waals surface area contributed by atoms with Gasteiger partial charge in [-0.15, -0.1) is 11.3 Å². The van der Waals surface area contributed by atoms with Gasteiger partial charge in [0.2, 0.25) is 0 Å². The first kappa shape index (κ1) is 12.6. The predicted octanol–water partition coefficient (Wildman–Crippen LogP) is 4.87. The highest BCUT2D eigenvalue weighted by Gasteiger charge is 2.12. The molecule has 0 saturated heterocycles. The van der Waals surface area contributed by atoms with Crippen molar-refractivity contribution in [2.75, 3.05) is 0 Å². The third-order valence-corrected chi connectivity index (χ3v) is 4.68. The van der Waals surface area contributed by atoms with Gasteiger partial charge >= 0.3 is 0 Å². The summed E-state index contributed by atoms with van der Waals surface area (Å²) in [4.78, 5) is 6.06. The molecular weight excluding hydrogens is 272 g/mol. The van der Waals surface area contributed by atoms with E-state index in [-0.39, 0.29) is 0 Å². The van der Waals surface area contributed by atoms with Crippen LogP contribution in [0.5, 0.6) is 0 Å². The molecule has 0 saturated carbocycles. The standard InChI is InChI=1S/C15H16N2S2/c1-10(9-12-8-7-11(2)19-12)17-14-6-4-3-5-13(14)16-15(17)18/h3-8,10H,9H2,1-2H3,(H,16,18). The number of nitrogens with zero attached hydrogens (tertiary/aromatic N) is 1. The Morgan fingerprint density at radius 3 is 2.79 bits per heavy atom. The van der Waals surface area contributed by atoms with Gasteiger partial charge in [-0.3, -0.25) is 0 Å². The molecule has 1 unspecified atom stereocenters. The maximum Gasteiger partial charge on any atom is 0.178 e. The van der Waals surface area contributed by atoms with Crippen molar-refractivity contribution in [3.8, 4) is 0 Å². The molecule has 0 amide bonds. The molecule has 2 nitrogen and oxygen atoms in total. The Labute approximate surface area is 121 Å². The van der Waals surface area contributed by atoms with Crippen molar-refractivity contribution in [1.82, 2.24) is 9.55 Å². The number of aryl methyl sites for hydroxylation is 1. The Morgan fingerprint density at radius 1 is 1.26 bits per heavy atom. The second-order valence-corrected chi connectivity index (χ2v) is 6.64. The lowest BCUT2D eigenvalue weighted by atomic mass is 10.2. The third kappa shape index (κ3) is 2.38. The summed E-state index contributed by atoms with van der Waals surface area (Å²) in [7, 11) is 0. The molecule has 0 aliphatic heterocycles. The van der Waals surface area contributed by atoms with Crippen molar-refractivity contribution in [2.45, 2.75) is 26.3 Å². The Morgan fingerprint density at radius 2 is 2.05 bits per heavy atom. The summed E-state index contributed by atoms with van der Waals surface area (Å²) >= 11 is 7.33. The molecule has 1 atom stereocenters. The van der Waals surface area contributed by atoms with Gasteiger partial charge in [-0.25, -0.2) is 0 Å². The van der Waals surface area contributed by atoms with E-state index in [1.807, 2.05) is 17.4 Å². The van der Waals surface area contributed by atoms with E-state index in [1.54, 1.807) is 0 Å². The SMILES string of the molecule is Cc1ccc(CC(C)n2c(=S)[nH]c3ccccc32)s1. The molecule has 1 N–H and O–H groups in total. The van der Waals surface area contributed by atoms with Gasteiger partial charge in [0.1, 0.15) is 0 Å². The number of aromatic amines is 1. The highest BCUT2D eigenvalue weighted by Crippen LogP contribution is 2.25. The van der Waals surface area contributed by atoms with Crippen molar-refractivity contribution < 1.29 is 0 Å². The minimum atomic E-state index is 0.363. The number of para-hydroxylation sites is 2. The maximum atomic E-state index is 5.46. The molecule has 1 aromatic carbocycles. The van der Waals surface area contributed by atoms with E-state index in [0.29, 0.717) is 6.04 Å². The van der Waals surface area contributed by atoms with Gasteiger partial charge in [0.25, 0.3) is 0 Å². The van der Waals surface area contributed by atoms with Crippen molar-refractivity contribution in [2.24, 2.45) is 0 Å². The summed E-state index contributed by atoms with van der Waals surface area (Å²) in [6.07, 6.45) is 1.02. The molecule has 0 bridgehead atoms. The van der Waals surface area contributed by atoms with Crippen LogP contribution in [0.15, 0.2) is 36.4 Å². The molecule has 19 heavy (non-hydrogen) atoms. The average molecular weight is 288 g/mol. The number of benzene rings is 1. The van der Waals surface area contributed by atoms with Crippen LogP contribution in [-0.2, 0) is 6.42 Å². The van der Waals surface area contributed by atoms with Crippen LogP contribution in [0.2, 0.25) is 0 Å². The van der Waals surface area contributed by atoms with E-state index in [2.05, 4.69) is 53.7 Å². The number of aromatic nitrogens is 2. The van der Waals surface area contributed by atoms with Crippen LogP contribution < -0.4 is 0 Å². The van der Waals surface area contributed by atoms with Crippen molar-refractivity contribution in [3.63, 3.8) is 0 Å². The second kappa shape index (κ2) is 4.94. The zero-order valence-corrected chi connectivity index (χ0v) is 12.6. The normalized spacial score (nSPS) is 12.9. The third-order valence-electron chi connectivity index (χ3n) is 3.36.